The smallest absolute Gasteiger partial charge is 0.295 e. The van der Waals surface area contributed by atoms with Gasteiger partial charge < -0.3 is 19.6 Å². The molecule has 1 fully saturated rings. The number of likely N-dealkylation sites (tertiary alicyclic amines) is 1. The Bertz CT molecular complexity index is 1370. The summed E-state index contributed by atoms with van der Waals surface area (Å²) in [5, 5.41) is 12.1. The predicted molar refractivity (Wildman–Crippen MR) is 151 cm³/mol. The molecule has 6 nitrogen and oxygen atoms in total. The van der Waals surface area contributed by atoms with E-state index in [9.17, 15) is 14.7 Å². The zero-order valence-corrected chi connectivity index (χ0v) is 23.1. The first-order valence-corrected chi connectivity index (χ1v) is 13.1. The van der Waals surface area contributed by atoms with Crippen LogP contribution in [0.4, 0.5) is 0 Å². The number of amides is 1. The SMILES string of the molecule is Cc1cc(/C(O)=C2/C(=O)C(=O)N(CCCN(C)C)C2c2ccc(Cl)c(Cl)c2)ccc1OCc1ccccc1. The lowest BCUT2D eigenvalue weighted by Crippen LogP contribution is -2.32. The fourth-order valence-corrected chi connectivity index (χ4v) is 4.85. The van der Waals surface area contributed by atoms with Crippen LogP contribution in [0, 0.1) is 6.92 Å². The molecular formula is C30H30Cl2N2O4. The van der Waals surface area contributed by atoms with Crippen LogP contribution in [0.3, 0.4) is 0 Å². The van der Waals surface area contributed by atoms with Gasteiger partial charge in [0.2, 0.25) is 0 Å². The van der Waals surface area contributed by atoms with Crippen molar-refractivity contribution >= 4 is 40.7 Å². The Hall–Kier alpha value is -3.32. The molecule has 1 atom stereocenters. The van der Waals surface area contributed by atoms with Crippen LogP contribution in [0.2, 0.25) is 10.0 Å². The van der Waals surface area contributed by atoms with Gasteiger partial charge in [-0.2, -0.15) is 0 Å². The summed E-state index contributed by atoms with van der Waals surface area (Å²) in [5.41, 5.74) is 2.87. The van der Waals surface area contributed by atoms with E-state index in [0.29, 0.717) is 46.5 Å². The first kappa shape index (κ1) is 27.7. The molecule has 4 rings (SSSR count). The van der Waals surface area contributed by atoms with E-state index in [0.717, 1.165) is 17.7 Å². The molecule has 1 saturated heterocycles. The van der Waals surface area contributed by atoms with Gasteiger partial charge in [0.05, 0.1) is 21.7 Å². The Balaban J connectivity index is 1.70. The van der Waals surface area contributed by atoms with Gasteiger partial charge in [-0.3, -0.25) is 9.59 Å². The average Bonchev–Trinajstić information content (AvgIpc) is 3.14. The number of aryl methyl sites for hydroxylation is 1. The quantitative estimate of drug-likeness (QED) is 0.193. The van der Waals surface area contributed by atoms with E-state index < -0.39 is 17.7 Å². The number of halogens is 2. The third kappa shape index (κ3) is 6.04. The summed E-state index contributed by atoms with van der Waals surface area (Å²) in [7, 11) is 3.89. The third-order valence-electron chi connectivity index (χ3n) is 6.49. The van der Waals surface area contributed by atoms with Crippen LogP contribution in [0.1, 0.15) is 34.7 Å². The van der Waals surface area contributed by atoms with Crippen molar-refractivity contribution in [3.63, 3.8) is 0 Å². The van der Waals surface area contributed by atoms with E-state index in [1.165, 1.54) is 4.90 Å². The standard InChI is InChI=1S/C30H30Cl2N2O4/c1-19-16-22(11-13-25(19)38-18-20-8-5-4-6-9-20)28(35)26-27(21-10-12-23(31)24(32)17-21)34(30(37)29(26)36)15-7-14-33(2)3/h4-6,8-13,16-17,27,35H,7,14-15,18H2,1-3H3/b28-26-. The van der Waals surface area contributed by atoms with Gasteiger partial charge in [0.1, 0.15) is 18.1 Å². The normalized spacial score (nSPS) is 16.9. The second-order valence-corrected chi connectivity index (χ2v) is 10.4. The van der Waals surface area contributed by atoms with E-state index in [1.54, 1.807) is 36.4 Å². The van der Waals surface area contributed by atoms with Gasteiger partial charge in [-0.05, 0) is 81.0 Å². The zero-order valence-electron chi connectivity index (χ0n) is 21.6. The summed E-state index contributed by atoms with van der Waals surface area (Å²) in [6.45, 7) is 3.35. The predicted octanol–water partition coefficient (Wildman–Crippen LogP) is 6.25. The van der Waals surface area contributed by atoms with Crippen LogP contribution >= 0.6 is 23.2 Å². The number of aliphatic hydroxyl groups excluding tert-OH is 1. The maximum atomic E-state index is 13.3. The fourth-order valence-electron chi connectivity index (χ4n) is 4.55. The molecule has 1 unspecified atom stereocenters. The lowest BCUT2D eigenvalue weighted by molar-refractivity contribution is -0.139. The number of ether oxygens (including phenoxy) is 1. The summed E-state index contributed by atoms with van der Waals surface area (Å²) >= 11 is 12.4. The molecule has 38 heavy (non-hydrogen) atoms. The largest absolute Gasteiger partial charge is 0.507 e. The number of ketones is 1. The molecular weight excluding hydrogens is 523 g/mol. The topological polar surface area (TPSA) is 70.1 Å². The van der Waals surface area contributed by atoms with Crippen LogP contribution in [0.25, 0.3) is 5.76 Å². The van der Waals surface area contributed by atoms with Crippen molar-refractivity contribution in [2.24, 2.45) is 0 Å². The highest BCUT2D eigenvalue weighted by Gasteiger charge is 2.46. The first-order valence-electron chi connectivity index (χ1n) is 12.3. The van der Waals surface area contributed by atoms with Crippen LogP contribution in [0.5, 0.6) is 5.75 Å². The van der Waals surface area contributed by atoms with Gasteiger partial charge in [0.15, 0.2) is 0 Å². The highest BCUT2D eigenvalue weighted by molar-refractivity contribution is 6.46. The maximum Gasteiger partial charge on any atom is 0.295 e. The van der Waals surface area contributed by atoms with E-state index in [4.69, 9.17) is 27.9 Å². The molecule has 1 heterocycles. The number of rotatable bonds is 9. The average molecular weight is 553 g/mol. The van der Waals surface area contributed by atoms with Gasteiger partial charge in [-0.1, -0.05) is 59.6 Å². The second kappa shape index (κ2) is 12.0. The number of nitrogens with zero attached hydrogens (tertiary/aromatic N) is 2. The fraction of sp³-hybridized carbons (Fsp3) is 0.267. The van der Waals surface area contributed by atoms with Crippen LogP contribution in [-0.2, 0) is 16.2 Å². The number of carbonyl (C=O) groups is 2. The molecule has 0 aliphatic carbocycles. The first-order chi connectivity index (χ1) is 18.2. The number of Topliss-reactive ketones (excluding diaryl/α,β-unsaturated/α-hetero) is 1. The number of benzene rings is 3. The molecule has 0 bridgehead atoms. The van der Waals surface area contributed by atoms with Crippen LogP contribution in [-0.4, -0.2) is 53.8 Å². The monoisotopic (exact) mass is 552 g/mol. The Morgan fingerprint density at radius 1 is 1.00 bits per heavy atom. The lowest BCUT2D eigenvalue weighted by atomic mass is 9.94. The van der Waals surface area contributed by atoms with Crippen molar-refractivity contribution < 1.29 is 19.4 Å². The van der Waals surface area contributed by atoms with Gasteiger partial charge in [0, 0.05) is 12.1 Å². The number of hydrogen-bond donors (Lipinski definition) is 1. The number of hydrogen-bond acceptors (Lipinski definition) is 5. The van der Waals surface area contributed by atoms with Gasteiger partial charge in [-0.25, -0.2) is 0 Å². The van der Waals surface area contributed by atoms with Crippen LogP contribution < -0.4 is 4.74 Å². The van der Waals surface area contributed by atoms with Crippen molar-refractivity contribution in [3.8, 4) is 5.75 Å². The minimum atomic E-state index is -0.791. The van der Waals surface area contributed by atoms with Gasteiger partial charge in [0.25, 0.3) is 11.7 Å². The van der Waals surface area contributed by atoms with E-state index >= 15 is 0 Å². The van der Waals surface area contributed by atoms with Crippen molar-refractivity contribution in [1.82, 2.24) is 9.80 Å². The Morgan fingerprint density at radius 3 is 2.39 bits per heavy atom. The zero-order chi connectivity index (χ0) is 27.4. The number of aliphatic hydroxyl groups is 1. The molecule has 1 N–H and O–H groups in total. The molecule has 0 aromatic heterocycles. The van der Waals surface area contributed by atoms with Crippen molar-refractivity contribution in [2.45, 2.75) is 26.0 Å². The Kier molecular flexibility index (Phi) is 8.77. The molecule has 0 radical (unpaired) electrons. The summed E-state index contributed by atoms with van der Waals surface area (Å²) in [6.07, 6.45) is 0.657. The van der Waals surface area contributed by atoms with E-state index in [1.807, 2.05) is 56.3 Å². The summed E-state index contributed by atoms with van der Waals surface area (Å²) in [5.74, 6) is -0.964. The summed E-state index contributed by atoms with van der Waals surface area (Å²) < 4.78 is 5.96. The molecule has 1 amide bonds. The maximum absolute atomic E-state index is 13.3. The van der Waals surface area contributed by atoms with Gasteiger partial charge in [-0.15, -0.1) is 0 Å². The Labute approximate surface area is 233 Å². The third-order valence-corrected chi connectivity index (χ3v) is 7.23. The van der Waals surface area contributed by atoms with E-state index in [-0.39, 0.29) is 11.3 Å². The van der Waals surface area contributed by atoms with Gasteiger partial charge >= 0.3 is 0 Å². The minimum Gasteiger partial charge on any atom is -0.507 e. The second-order valence-electron chi connectivity index (χ2n) is 9.58. The molecule has 198 valence electrons. The molecule has 3 aromatic carbocycles. The van der Waals surface area contributed by atoms with Crippen molar-refractivity contribution in [2.75, 3.05) is 27.2 Å². The highest BCUT2D eigenvalue weighted by atomic mass is 35.5. The molecule has 3 aromatic rings. The molecule has 1 aliphatic rings. The summed E-state index contributed by atoms with van der Waals surface area (Å²) in [6, 6.07) is 19.2. The molecule has 1 aliphatic heterocycles. The highest BCUT2D eigenvalue weighted by Crippen LogP contribution is 2.41. The van der Waals surface area contributed by atoms with E-state index in [2.05, 4.69) is 0 Å². The molecule has 0 spiro atoms. The molecule has 8 heteroatoms. The Morgan fingerprint density at radius 2 is 1.74 bits per heavy atom. The number of carbonyl (C=O) groups excluding carboxylic acids is 2. The lowest BCUT2D eigenvalue weighted by Gasteiger charge is -2.26. The van der Waals surface area contributed by atoms with Crippen molar-refractivity contribution in [3.05, 3.63) is 105 Å². The minimum absolute atomic E-state index is 0.0237. The van der Waals surface area contributed by atoms with Crippen LogP contribution in [0.15, 0.2) is 72.3 Å². The van der Waals surface area contributed by atoms with Crippen molar-refractivity contribution in [1.29, 1.82) is 0 Å². The molecule has 0 saturated carbocycles. The summed E-state index contributed by atoms with van der Waals surface area (Å²) in [4.78, 5) is 29.9.